The Morgan fingerprint density at radius 1 is 1.32 bits per heavy atom. The molecule has 0 aliphatic carbocycles. The molecule has 0 spiro atoms. The molecular formula is C16H20O5S. The van der Waals surface area contributed by atoms with Gasteiger partial charge in [0.05, 0.1) is 24.7 Å². The monoisotopic (exact) mass is 324 g/mol. The van der Waals surface area contributed by atoms with Gasteiger partial charge in [0.15, 0.2) is 0 Å². The molecule has 1 aromatic carbocycles. The number of ether oxygens (including phenoxy) is 2. The lowest BCUT2D eigenvalue weighted by Gasteiger charge is -2.16. The highest BCUT2D eigenvalue weighted by Crippen LogP contribution is 2.14. The lowest BCUT2D eigenvalue weighted by molar-refractivity contribution is -0.0192. The van der Waals surface area contributed by atoms with Crippen molar-refractivity contribution in [2.75, 3.05) is 26.4 Å². The van der Waals surface area contributed by atoms with Crippen LogP contribution in [0.5, 0.6) is 0 Å². The summed E-state index contributed by atoms with van der Waals surface area (Å²) in [5, 5.41) is 0. The fraction of sp³-hybridized carbons (Fsp3) is 0.375. The zero-order chi connectivity index (χ0) is 16.4. The largest absolute Gasteiger partial charge is 0.369 e. The van der Waals surface area contributed by atoms with Crippen LogP contribution in [0.2, 0.25) is 0 Å². The number of terminal acetylenes is 1. The summed E-state index contributed by atoms with van der Waals surface area (Å²) in [6.07, 6.45) is 6.10. The van der Waals surface area contributed by atoms with E-state index in [1.807, 2.05) is 6.92 Å². The van der Waals surface area contributed by atoms with Gasteiger partial charge in [-0.1, -0.05) is 29.7 Å². The molecule has 0 unspecified atom stereocenters. The number of benzene rings is 1. The summed E-state index contributed by atoms with van der Waals surface area (Å²) in [5.74, 6) is 2.33. The number of aryl methyl sites for hydroxylation is 1. The van der Waals surface area contributed by atoms with Crippen LogP contribution in [-0.2, 0) is 23.8 Å². The van der Waals surface area contributed by atoms with E-state index in [1.54, 1.807) is 18.2 Å². The molecule has 0 radical (unpaired) electrons. The van der Waals surface area contributed by atoms with E-state index in [0.717, 1.165) is 5.56 Å². The highest BCUT2D eigenvalue weighted by Gasteiger charge is 2.19. The summed E-state index contributed by atoms with van der Waals surface area (Å²) >= 11 is 0. The average molecular weight is 324 g/mol. The Morgan fingerprint density at radius 3 is 2.59 bits per heavy atom. The van der Waals surface area contributed by atoms with Crippen LogP contribution in [0.3, 0.4) is 0 Å². The van der Waals surface area contributed by atoms with Gasteiger partial charge in [-0.2, -0.15) is 8.42 Å². The van der Waals surface area contributed by atoms with E-state index in [2.05, 4.69) is 12.5 Å². The van der Waals surface area contributed by atoms with Crippen LogP contribution in [-0.4, -0.2) is 40.9 Å². The average Bonchev–Trinajstić information content (AvgIpc) is 2.50. The standard InChI is InChI=1S/C16H20O5S/c1-4-10-19-12-15(20-11-5-2)13-21-22(17,18)16-8-6-14(3)7-9-16/h1,5-9,15H,2,10-13H2,3H3/t15-/m1/s1. The van der Waals surface area contributed by atoms with E-state index >= 15 is 0 Å². The molecule has 0 saturated heterocycles. The van der Waals surface area contributed by atoms with Gasteiger partial charge in [-0.05, 0) is 19.1 Å². The SMILES string of the molecule is C#CCOC[C@H](COS(=O)(=O)c1ccc(C)cc1)OCC=C. The minimum Gasteiger partial charge on any atom is -0.369 e. The molecule has 0 N–H and O–H groups in total. The van der Waals surface area contributed by atoms with E-state index in [4.69, 9.17) is 20.1 Å². The van der Waals surface area contributed by atoms with Gasteiger partial charge in [0.25, 0.3) is 10.1 Å². The van der Waals surface area contributed by atoms with Gasteiger partial charge < -0.3 is 9.47 Å². The molecule has 1 aromatic rings. The Bertz CT molecular complexity index is 598. The molecule has 0 aliphatic heterocycles. The van der Waals surface area contributed by atoms with Crippen molar-refractivity contribution in [2.45, 2.75) is 17.9 Å². The minimum absolute atomic E-state index is 0.102. The molecule has 0 amide bonds. The molecule has 0 aromatic heterocycles. The predicted octanol–water partition coefficient (Wildman–Crippen LogP) is 1.92. The molecular weight excluding hydrogens is 304 g/mol. The summed E-state index contributed by atoms with van der Waals surface area (Å²) in [6, 6.07) is 6.41. The summed E-state index contributed by atoms with van der Waals surface area (Å²) in [5.41, 5.74) is 0.967. The Morgan fingerprint density at radius 2 is 2.00 bits per heavy atom. The van der Waals surface area contributed by atoms with Gasteiger partial charge in [-0.3, -0.25) is 4.18 Å². The highest BCUT2D eigenvalue weighted by molar-refractivity contribution is 7.86. The van der Waals surface area contributed by atoms with Crippen LogP contribution in [0.25, 0.3) is 0 Å². The lowest BCUT2D eigenvalue weighted by atomic mass is 10.2. The maximum absolute atomic E-state index is 12.1. The zero-order valence-electron chi connectivity index (χ0n) is 12.5. The van der Waals surface area contributed by atoms with Crippen molar-refractivity contribution < 1.29 is 22.1 Å². The third-order valence-corrected chi connectivity index (χ3v) is 3.95. The van der Waals surface area contributed by atoms with Gasteiger partial charge in [-0.15, -0.1) is 13.0 Å². The fourth-order valence-electron chi connectivity index (χ4n) is 1.54. The normalized spacial score (nSPS) is 12.5. The topological polar surface area (TPSA) is 61.8 Å². The van der Waals surface area contributed by atoms with Gasteiger partial charge >= 0.3 is 0 Å². The molecule has 5 nitrogen and oxygen atoms in total. The van der Waals surface area contributed by atoms with Crippen LogP contribution < -0.4 is 0 Å². The second-order valence-electron chi connectivity index (χ2n) is 4.51. The molecule has 1 atom stereocenters. The van der Waals surface area contributed by atoms with Crippen LogP contribution in [0, 0.1) is 19.3 Å². The van der Waals surface area contributed by atoms with Crippen molar-refractivity contribution in [1.29, 1.82) is 0 Å². The van der Waals surface area contributed by atoms with Crippen LogP contribution in [0.1, 0.15) is 5.56 Å². The quantitative estimate of drug-likeness (QED) is 0.285. The van der Waals surface area contributed by atoms with Crippen molar-refractivity contribution in [1.82, 2.24) is 0 Å². The molecule has 6 heteroatoms. The molecule has 0 saturated carbocycles. The predicted molar refractivity (Wildman–Crippen MR) is 83.9 cm³/mol. The summed E-state index contributed by atoms with van der Waals surface area (Å²) in [6.45, 7) is 5.78. The van der Waals surface area contributed by atoms with E-state index in [-0.39, 0.29) is 31.3 Å². The molecule has 1 rings (SSSR count). The summed E-state index contributed by atoms with van der Waals surface area (Å²) in [4.78, 5) is 0.102. The van der Waals surface area contributed by atoms with Crippen molar-refractivity contribution >= 4 is 10.1 Å². The minimum atomic E-state index is -3.83. The molecule has 22 heavy (non-hydrogen) atoms. The van der Waals surface area contributed by atoms with Gasteiger partial charge in [-0.25, -0.2) is 0 Å². The fourth-order valence-corrected chi connectivity index (χ4v) is 2.47. The van der Waals surface area contributed by atoms with E-state index in [9.17, 15) is 8.42 Å². The van der Waals surface area contributed by atoms with E-state index in [1.165, 1.54) is 12.1 Å². The maximum Gasteiger partial charge on any atom is 0.297 e. The molecule has 0 fully saturated rings. The third kappa shape index (κ3) is 6.41. The number of rotatable bonds is 10. The second kappa shape index (κ2) is 9.38. The van der Waals surface area contributed by atoms with Crippen molar-refractivity contribution in [3.63, 3.8) is 0 Å². The smallest absolute Gasteiger partial charge is 0.297 e. The Labute approximate surface area is 132 Å². The molecule has 120 valence electrons. The first-order chi connectivity index (χ1) is 10.5. The lowest BCUT2D eigenvalue weighted by Crippen LogP contribution is -2.27. The first-order valence-electron chi connectivity index (χ1n) is 6.69. The Balaban J connectivity index is 2.63. The van der Waals surface area contributed by atoms with Gasteiger partial charge in [0, 0.05) is 0 Å². The summed E-state index contributed by atoms with van der Waals surface area (Å²) < 4.78 is 39.7. The summed E-state index contributed by atoms with van der Waals surface area (Å²) in [7, 11) is -3.83. The first-order valence-corrected chi connectivity index (χ1v) is 8.10. The molecule has 0 bridgehead atoms. The maximum atomic E-state index is 12.1. The third-order valence-electron chi connectivity index (χ3n) is 2.66. The van der Waals surface area contributed by atoms with Crippen LogP contribution >= 0.6 is 0 Å². The van der Waals surface area contributed by atoms with Gasteiger partial charge in [0.1, 0.15) is 12.7 Å². The van der Waals surface area contributed by atoms with E-state index < -0.39 is 16.2 Å². The van der Waals surface area contributed by atoms with Crippen LogP contribution in [0.4, 0.5) is 0 Å². The van der Waals surface area contributed by atoms with Crippen molar-refractivity contribution in [3.8, 4) is 12.3 Å². The molecule has 0 heterocycles. The first kappa shape index (κ1) is 18.4. The van der Waals surface area contributed by atoms with Crippen molar-refractivity contribution in [2.24, 2.45) is 0 Å². The Hall–Kier alpha value is -1.65. The zero-order valence-corrected chi connectivity index (χ0v) is 13.3. The molecule has 0 aliphatic rings. The van der Waals surface area contributed by atoms with Gasteiger partial charge in [0.2, 0.25) is 0 Å². The number of hydrogen-bond acceptors (Lipinski definition) is 5. The Kier molecular flexibility index (Phi) is 7.85. The second-order valence-corrected chi connectivity index (χ2v) is 6.13. The van der Waals surface area contributed by atoms with Crippen molar-refractivity contribution in [3.05, 3.63) is 42.5 Å². The number of hydrogen-bond donors (Lipinski definition) is 0. The highest BCUT2D eigenvalue weighted by atomic mass is 32.2. The van der Waals surface area contributed by atoms with E-state index in [0.29, 0.717) is 0 Å². The van der Waals surface area contributed by atoms with Crippen LogP contribution in [0.15, 0.2) is 41.8 Å².